The number of hydrogen-bond donors (Lipinski definition) is 2. The molecule has 5 nitrogen and oxygen atoms in total. The van der Waals surface area contributed by atoms with Crippen LogP contribution in [-0.2, 0) is 13.2 Å². The molecule has 10 heteroatoms. The SMILES string of the molecule is Cn1c(-c2cc(C(F)(F)F)ccc2Cl)ccc1-c1n[nH]c(=S)n1N. The molecule has 3 N–H and O–H groups in total. The largest absolute Gasteiger partial charge is 0.416 e. The molecular weight excluding hydrogens is 363 g/mol. The van der Waals surface area contributed by atoms with Gasteiger partial charge in [-0.2, -0.15) is 18.3 Å². The second kappa shape index (κ2) is 5.67. The average molecular weight is 374 g/mol. The van der Waals surface area contributed by atoms with Crippen molar-refractivity contribution in [1.29, 1.82) is 0 Å². The van der Waals surface area contributed by atoms with Crippen LogP contribution in [0.5, 0.6) is 0 Å². The monoisotopic (exact) mass is 373 g/mol. The van der Waals surface area contributed by atoms with Crippen LogP contribution in [0.3, 0.4) is 0 Å². The van der Waals surface area contributed by atoms with Crippen molar-refractivity contribution in [3.8, 4) is 22.8 Å². The van der Waals surface area contributed by atoms with E-state index in [4.69, 9.17) is 29.7 Å². The van der Waals surface area contributed by atoms with Crippen molar-refractivity contribution in [2.75, 3.05) is 5.84 Å². The van der Waals surface area contributed by atoms with E-state index < -0.39 is 11.7 Å². The van der Waals surface area contributed by atoms with Gasteiger partial charge in [-0.15, -0.1) is 0 Å². The molecule has 0 saturated carbocycles. The maximum atomic E-state index is 12.9. The van der Waals surface area contributed by atoms with Crippen molar-refractivity contribution in [2.24, 2.45) is 7.05 Å². The molecule has 0 aliphatic rings. The molecule has 0 spiro atoms. The quantitative estimate of drug-likeness (QED) is 0.527. The van der Waals surface area contributed by atoms with Gasteiger partial charge in [-0.1, -0.05) is 11.6 Å². The van der Waals surface area contributed by atoms with Crippen LogP contribution in [0.2, 0.25) is 5.02 Å². The van der Waals surface area contributed by atoms with Crippen LogP contribution >= 0.6 is 23.8 Å². The normalized spacial score (nSPS) is 11.9. The first-order valence-corrected chi connectivity index (χ1v) is 7.44. The number of H-pyrrole nitrogens is 1. The average Bonchev–Trinajstić information content (AvgIpc) is 3.02. The number of alkyl halides is 3. The molecule has 0 amide bonds. The summed E-state index contributed by atoms with van der Waals surface area (Å²) in [6.45, 7) is 0. The molecule has 3 aromatic rings. The van der Waals surface area contributed by atoms with E-state index in [0.29, 0.717) is 17.2 Å². The molecular formula is C14H11ClF3N5S. The highest BCUT2D eigenvalue weighted by Gasteiger charge is 2.31. The van der Waals surface area contributed by atoms with Gasteiger partial charge in [-0.3, -0.25) is 0 Å². The van der Waals surface area contributed by atoms with Crippen LogP contribution in [0, 0.1) is 4.77 Å². The summed E-state index contributed by atoms with van der Waals surface area (Å²) in [5, 5.41) is 6.78. The van der Waals surface area contributed by atoms with Crippen molar-refractivity contribution in [2.45, 2.75) is 6.18 Å². The summed E-state index contributed by atoms with van der Waals surface area (Å²) in [5.74, 6) is 6.15. The molecule has 0 radical (unpaired) electrons. The molecule has 24 heavy (non-hydrogen) atoms. The molecule has 0 aliphatic heterocycles. The highest BCUT2D eigenvalue weighted by atomic mass is 35.5. The van der Waals surface area contributed by atoms with Gasteiger partial charge in [0.15, 0.2) is 5.82 Å². The Labute approximate surface area is 144 Å². The molecule has 1 aromatic carbocycles. The number of rotatable bonds is 2. The summed E-state index contributed by atoms with van der Waals surface area (Å²) in [6.07, 6.45) is -4.45. The van der Waals surface area contributed by atoms with E-state index in [-0.39, 0.29) is 15.4 Å². The Bertz CT molecular complexity index is 970. The molecule has 0 atom stereocenters. The van der Waals surface area contributed by atoms with Crippen LogP contribution in [0.25, 0.3) is 22.8 Å². The van der Waals surface area contributed by atoms with Gasteiger partial charge < -0.3 is 10.4 Å². The number of nitrogens with one attached hydrogen (secondary N) is 1. The number of nitrogens with zero attached hydrogens (tertiary/aromatic N) is 3. The molecule has 0 unspecified atom stereocenters. The third kappa shape index (κ3) is 2.69. The van der Waals surface area contributed by atoms with E-state index in [1.807, 2.05) is 0 Å². The second-order valence-corrected chi connectivity index (χ2v) is 5.87. The second-order valence-electron chi connectivity index (χ2n) is 5.08. The minimum atomic E-state index is -4.45. The number of halogens is 4. The van der Waals surface area contributed by atoms with E-state index in [1.54, 1.807) is 23.7 Å². The summed E-state index contributed by atoms with van der Waals surface area (Å²) in [7, 11) is 1.68. The molecule has 0 aliphatic carbocycles. The summed E-state index contributed by atoms with van der Waals surface area (Å²) in [6, 6.07) is 6.52. The zero-order valence-corrected chi connectivity index (χ0v) is 13.8. The number of nitrogens with two attached hydrogens (primary N) is 1. The zero-order valence-electron chi connectivity index (χ0n) is 12.2. The summed E-state index contributed by atoms with van der Waals surface area (Å²) in [5.41, 5.74) is 0.562. The number of aromatic amines is 1. The fourth-order valence-electron chi connectivity index (χ4n) is 2.39. The number of hydrogen-bond acceptors (Lipinski definition) is 3. The van der Waals surface area contributed by atoms with Gasteiger partial charge >= 0.3 is 6.18 Å². The lowest BCUT2D eigenvalue weighted by atomic mass is 10.1. The fourth-order valence-corrected chi connectivity index (χ4v) is 2.74. The topological polar surface area (TPSA) is 64.6 Å². The molecule has 2 aromatic heterocycles. The number of aromatic nitrogens is 4. The Hall–Kier alpha value is -2.26. The van der Waals surface area contributed by atoms with Gasteiger partial charge in [0, 0.05) is 23.3 Å². The van der Waals surface area contributed by atoms with E-state index in [0.717, 1.165) is 12.1 Å². The van der Waals surface area contributed by atoms with Crippen molar-refractivity contribution in [3.05, 3.63) is 45.7 Å². The molecule has 0 bridgehead atoms. The van der Waals surface area contributed by atoms with Crippen molar-refractivity contribution < 1.29 is 13.2 Å². The standard InChI is InChI=1S/C14H11ClF3N5S/c1-22-10(4-5-11(22)12-20-21-13(24)23(12)19)8-6-7(14(16,17)18)2-3-9(8)15/h2-6H,19H2,1H3,(H,21,24). The Morgan fingerprint density at radius 3 is 2.46 bits per heavy atom. The maximum absolute atomic E-state index is 12.9. The van der Waals surface area contributed by atoms with Gasteiger partial charge in [0.05, 0.1) is 11.3 Å². The lowest BCUT2D eigenvalue weighted by Crippen LogP contribution is -2.11. The van der Waals surface area contributed by atoms with E-state index in [2.05, 4.69) is 10.2 Å². The third-order valence-electron chi connectivity index (χ3n) is 3.62. The minimum Gasteiger partial charge on any atom is -0.341 e. The summed E-state index contributed by atoms with van der Waals surface area (Å²) < 4.78 is 41.9. The predicted molar refractivity (Wildman–Crippen MR) is 87.4 cm³/mol. The molecule has 3 rings (SSSR count). The Morgan fingerprint density at radius 1 is 1.21 bits per heavy atom. The first-order valence-electron chi connectivity index (χ1n) is 6.66. The van der Waals surface area contributed by atoms with Gasteiger partial charge in [-0.05, 0) is 42.5 Å². The van der Waals surface area contributed by atoms with Crippen LogP contribution in [0.15, 0.2) is 30.3 Å². The van der Waals surface area contributed by atoms with Crippen molar-refractivity contribution in [1.82, 2.24) is 19.4 Å². The Morgan fingerprint density at radius 2 is 1.88 bits per heavy atom. The van der Waals surface area contributed by atoms with Gasteiger partial charge in [0.25, 0.3) is 0 Å². The van der Waals surface area contributed by atoms with E-state index in [1.165, 1.54) is 10.7 Å². The smallest absolute Gasteiger partial charge is 0.341 e. The van der Waals surface area contributed by atoms with E-state index in [9.17, 15) is 13.2 Å². The van der Waals surface area contributed by atoms with E-state index >= 15 is 0 Å². The van der Waals surface area contributed by atoms with Crippen LogP contribution in [0.1, 0.15) is 5.56 Å². The Kier molecular flexibility index (Phi) is 3.92. The van der Waals surface area contributed by atoms with Crippen LogP contribution < -0.4 is 5.84 Å². The fraction of sp³-hybridized carbons (Fsp3) is 0.143. The minimum absolute atomic E-state index is 0.211. The van der Waals surface area contributed by atoms with Crippen LogP contribution in [-0.4, -0.2) is 19.4 Å². The third-order valence-corrected chi connectivity index (χ3v) is 4.24. The summed E-state index contributed by atoms with van der Waals surface area (Å²) in [4.78, 5) is 0. The number of nitrogen functional groups attached to an aromatic ring is 1. The molecule has 126 valence electrons. The first-order chi connectivity index (χ1) is 11.2. The first kappa shape index (κ1) is 16.6. The van der Waals surface area contributed by atoms with Crippen LogP contribution in [0.4, 0.5) is 13.2 Å². The molecule has 0 fully saturated rings. The van der Waals surface area contributed by atoms with Gasteiger partial charge in [0.2, 0.25) is 4.77 Å². The van der Waals surface area contributed by atoms with Gasteiger partial charge in [-0.25, -0.2) is 9.77 Å². The predicted octanol–water partition coefficient (Wildman–Crippen LogP) is 4.00. The summed E-state index contributed by atoms with van der Waals surface area (Å²) >= 11 is 11.1. The van der Waals surface area contributed by atoms with Crippen molar-refractivity contribution in [3.63, 3.8) is 0 Å². The highest BCUT2D eigenvalue weighted by molar-refractivity contribution is 7.71. The highest BCUT2D eigenvalue weighted by Crippen LogP contribution is 2.37. The van der Waals surface area contributed by atoms with Crippen molar-refractivity contribution >= 4 is 23.8 Å². The number of benzene rings is 1. The Balaban J connectivity index is 2.16. The lowest BCUT2D eigenvalue weighted by molar-refractivity contribution is -0.137. The van der Waals surface area contributed by atoms with Gasteiger partial charge in [0.1, 0.15) is 0 Å². The lowest BCUT2D eigenvalue weighted by Gasteiger charge is -2.12. The molecule has 2 heterocycles. The maximum Gasteiger partial charge on any atom is 0.416 e. The zero-order chi connectivity index (χ0) is 17.6. The molecule has 0 saturated heterocycles.